The van der Waals surface area contributed by atoms with Gasteiger partial charge in [-0.25, -0.2) is 0 Å². The normalized spacial score (nSPS) is 18.7. The van der Waals surface area contributed by atoms with Gasteiger partial charge in [-0.2, -0.15) is 5.10 Å². The van der Waals surface area contributed by atoms with Gasteiger partial charge in [0.25, 0.3) is 0 Å². The van der Waals surface area contributed by atoms with E-state index in [0.717, 1.165) is 25.4 Å². The zero-order chi connectivity index (χ0) is 14.1. The van der Waals surface area contributed by atoms with Crippen LogP contribution in [0, 0.1) is 0 Å². The lowest BCUT2D eigenvalue weighted by Gasteiger charge is -2.26. The highest BCUT2D eigenvalue weighted by molar-refractivity contribution is 5.82. The molecule has 1 aromatic carbocycles. The van der Waals surface area contributed by atoms with Crippen molar-refractivity contribution >= 4 is 10.9 Å². The summed E-state index contributed by atoms with van der Waals surface area (Å²) in [5.41, 5.74) is 3.70. The lowest BCUT2D eigenvalue weighted by Crippen LogP contribution is -2.36. The van der Waals surface area contributed by atoms with Gasteiger partial charge >= 0.3 is 0 Å². The molecule has 0 aliphatic carbocycles. The minimum Gasteiger partial charge on any atom is -0.377 e. The maximum Gasteiger partial charge on any atom is 0.0841 e. The third kappa shape index (κ3) is 2.58. The Morgan fingerprint density at radius 3 is 2.90 bits per heavy atom. The molecule has 0 bridgehead atoms. The summed E-state index contributed by atoms with van der Waals surface area (Å²) in [5.74, 6) is 0.548. The molecular formula is C16H23N3O. The Kier molecular flexibility index (Phi) is 3.76. The molecule has 0 amide bonds. The van der Waals surface area contributed by atoms with Crippen LogP contribution in [0.15, 0.2) is 18.2 Å². The predicted molar refractivity (Wildman–Crippen MR) is 80.9 cm³/mol. The first kappa shape index (κ1) is 13.6. The van der Waals surface area contributed by atoms with Crippen LogP contribution >= 0.6 is 0 Å². The van der Waals surface area contributed by atoms with E-state index in [1.807, 2.05) is 11.7 Å². The summed E-state index contributed by atoms with van der Waals surface area (Å²) in [6.07, 6.45) is 1.57. The minimum absolute atomic E-state index is 0.400. The van der Waals surface area contributed by atoms with Crippen molar-refractivity contribution < 1.29 is 4.74 Å². The Morgan fingerprint density at radius 1 is 1.45 bits per heavy atom. The number of rotatable bonds is 5. The van der Waals surface area contributed by atoms with E-state index in [1.54, 1.807) is 0 Å². The van der Waals surface area contributed by atoms with Crippen LogP contribution in [0.5, 0.6) is 0 Å². The molecule has 2 aromatic rings. The molecule has 1 atom stereocenters. The average Bonchev–Trinajstić information content (AvgIpc) is 2.69. The highest BCUT2D eigenvalue weighted by Gasteiger charge is 2.17. The van der Waals surface area contributed by atoms with Crippen LogP contribution in [0.1, 0.15) is 37.4 Å². The number of aromatic nitrogens is 2. The number of hydrogen-bond acceptors (Lipinski definition) is 3. The summed E-state index contributed by atoms with van der Waals surface area (Å²) >= 11 is 0. The minimum atomic E-state index is 0.400. The van der Waals surface area contributed by atoms with E-state index in [9.17, 15) is 0 Å². The van der Waals surface area contributed by atoms with Gasteiger partial charge in [0.2, 0.25) is 0 Å². The molecular weight excluding hydrogens is 250 g/mol. The van der Waals surface area contributed by atoms with Crippen LogP contribution in [0.3, 0.4) is 0 Å². The summed E-state index contributed by atoms with van der Waals surface area (Å²) in [4.78, 5) is 0. The van der Waals surface area contributed by atoms with Gasteiger partial charge in [-0.05, 0) is 24.0 Å². The number of aryl methyl sites for hydroxylation is 1. The maximum atomic E-state index is 5.42. The molecule has 1 aromatic heterocycles. The molecule has 2 heterocycles. The first-order valence-electron chi connectivity index (χ1n) is 7.43. The highest BCUT2D eigenvalue weighted by atomic mass is 16.5. The fraction of sp³-hybridized carbons (Fsp3) is 0.562. The standard InChI is InChI=1S/C16H23N3O/c1-11(2)12-4-5-14-15(18-19(3)16(14)8-12)10-17-9-13-6-7-20-13/h4-5,8,11,13,17H,6-7,9-10H2,1-3H3. The van der Waals surface area contributed by atoms with E-state index in [2.05, 4.69) is 42.5 Å². The lowest BCUT2D eigenvalue weighted by atomic mass is 10.0. The van der Waals surface area contributed by atoms with Crippen molar-refractivity contribution in [3.63, 3.8) is 0 Å². The van der Waals surface area contributed by atoms with Gasteiger partial charge in [0.15, 0.2) is 0 Å². The molecule has 4 nitrogen and oxygen atoms in total. The number of benzene rings is 1. The van der Waals surface area contributed by atoms with Crippen molar-refractivity contribution in [2.24, 2.45) is 7.05 Å². The van der Waals surface area contributed by atoms with Crippen LogP contribution < -0.4 is 5.32 Å². The first-order chi connectivity index (χ1) is 9.65. The molecule has 0 spiro atoms. The largest absolute Gasteiger partial charge is 0.377 e. The average molecular weight is 273 g/mol. The maximum absolute atomic E-state index is 5.42. The first-order valence-corrected chi connectivity index (χ1v) is 7.43. The second-order valence-electron chi connectivity index (χ2n) is 5.91. The summed E-state index contributed by atoms with van der Waals surface area (Å²) in [5, 5.41) is 9.34. The molecule has 1 N–H and O–H groups in total. The molecule has 4 heteroatoms. The van der Waals surface area contributed by atoms with Gasteiger partial charge in [-0.1, -0.05) is 26.0 Å². The van der Waals surface area contributed by atoms with Crippen LogP contribution in [0.4, 0.5) is 0 Å². The Balaban J connectivity index is 1.77. The van der Waals surface area contributed by atoms with E-state index in [-0.39, 0.29) is 0 Å². The van der Waals surface area contributed by atoms with Crippen molar-refractivity contribution in [2.45, 2.75) is 38.8 Å². The molecule has 108 valence electrons. The molecule has 20 heavy (non-hydrogen) atoms. The second kappa shape index (κ2) is 5.54. The van der Waals surface area contributed by atoms with Gasteiger partial charge < -0.3 is 10.1 Å². The molecule has 0 saturated carbocycles. The van der Waals surface area contributed by atoms with Crippen LogP contribution in [0.25, 0.3) is 10.9 Å². The Hall–Kier alpha value is -1.39. The van der Waals surface area contributed by atoms with Crippen molar-refractivity contribution in [2.75, 3.05) is 13.2 Å². The van der Waals surface area contributed by atoms with E-state index in [1.165, 1.54) is 22.9 Å². The SMILES string of the molecule is CC(C)c1ccc2c(CNCC3CCO3)nn(C)c2c1. The van der Waals surface area contributed by atoms with Gasteiger partial charge in [0, 0.05) is 32.1 Å². The molecule has 1 unspecified atom stereocenters. The third-order valence-corrected chi connectivity index (χ3v) is 4.08. The zero-order valence-electron chi connectivity index (χ0n) is 12.5. The van der Waals surface area contributed by atoms with Crippen molar-refractivity contribution in [3.05, 3.63) is 29.5 Å². The molecule has 1 saturated heterocycles. The Morgan fingerprint density at radius 2 is 2.25 bits per heavy atom. The predicted octanol–water partition coefficient (Wildman–Crippen LogP) is 2.58. The van der Waals surface area contributed by atoms with Gasteiger partial charge in [0.1, 0.15) is 0 Å². The summed E-state index contributed by atoms with van der Waals surface area (Å²) in [6, 6.07) is 6.67. The van der Waals surface area contributed by atoms with Crippen molar-refractivity contribution in [1.82, 2.24) is 15.1 Å². The van der Waals surface area contributed by atoms with E-state index in [4.69, 9.17) is 4.74 Å². The van der Waals surface area contributed by atoms with Crippen molar-refractivity contribution in [3.8, 4) is 0 Å². The van der Waals surface area contributed by atoms with Crippen LogP contribution in [-0.2, 0) is 18.3 Å². The number of hydrogen-bond donors (Lipinski definition) is 1. The smallest absolute Gasteiger partial charge is 0.0841 e. The lowest BCUT2D eigenvalue weighted by molar-refractivity contribution is -0.0484. The number of fused-ring (bicyclic) bond motifs is 1. The summed E-state index contributed by atoms with van der Waals surface area (Å²) in [7, 11) is 2.02. The monoisotopic (exact) mass is 273 g/mol. The van der Waals surface area contributed by atoms with Gasteiger partial charge in [0.05, 0.1) is 17.3 Å². The number of nitrogens with one attached hydrogen (secondary N) is 1. The van der Waals surface area contributed by atoms with E-state index >= 15 is 0 Å². The fourth-order valence-electron chi connectivity index (χ4n) is 2.64. The summed E-state index contributed by atoms with van der Waals surface area (Å²) < 4.78 is 7.40. The number of ether oxygens (including phenoxy) is 1. The fourth-order valence-corrected chi connectivity index (χ4v) is 2.64. The molecule has 1 fully saturated rings. The summed E-state index contributed by atoms with van der Waals surface area (Å²) in [6.45, 7) is 7.08. The molecule has 1 aliphatic rings. The Labute approximate surface area is 120 Å². The van der Waals surface area contributed by atoms with Crippen LogP contribution in [-0.4, -0.2) is 29.0 Å². The van der Waals surface area contributed by atoms with Crippen LogP contribution in [0.2, 0.25) is 0 Å². The zero-order valence-corrected chi connectivity index (χ0v) is 12.5. The topological polar surface area (TPSA) is 39.1 Å². The molecule has 0 radical (unpaired) electrons. The molecule has 1 aliphatic heterocycles. The Bertz CT molecular complexity index is 599. The second-order valence-corrected chi connectivity index (χ2v) is 5.91. The quantitative estimate of drug-likeness (QED) is 0.910. The van der Waals surface area contributed by atoms with Crippen molar-refractivity contribution in [1.29, 1.82) is 0 Å². The van der Waals surface area contributed by atoms with E-state index < -0.39 is 0 Å². The number of nitrogens with zero attached hydrogens (tertiary/aromatic N) is 2. The van der Waals surface area contributed by atoms with Gasteiger partial charge in [-0.3, -0.25) is 4.68 Å². The third-order valence-electron chi connectivity index (χ3n) is 4.08. The molecule has 3 rings (SSSR count). The highest BCUT2D eigenvalue weighted by Crippen LogP contribution is 2.23. The van der Waals surface area contributed by atoms with Gasteiger partial charge in [-0.15, -0.1) is 0 Å². The van der Waals surface area contributed by atoms with E-state index in [0.29, 0.717) is 12.0 Å².